The van der Waals surface area contributed by atoms with Gasteiger partial charge in [0, 0.05) is 155 Å². The predicted octanol–water partition coefficient (Wildman–Crippen LogP) is 32.0. The van der Waals surface area contributed by atoms with Crippen molar-refractivity contribution in [3.63, 3.8) is 0 Å². The summed E-state index contributed by atoms with van der Waals surface area (Å²) < 4.78 is 2.29. The maximum Gasteiger partial charge on any atom is 0.188 e. The summed E-state index contributed by atoms with van der Waals surface area (Å²) in [5, 5.41) is 35.2. The Bertz CT molecular complexity index is 10000. The third-order valence-electron chi connectivity index (χ3n) is 27.1. The van der Waals surface area contributed by atoms with E-state index in [2.05, 4.69) is 295 Å². The molecule has 0 N–H and O–H groups in total. The highest BCUT2D eigenvalue weighted by Gasteiger charge is 2.26. The van der Waals surface area contributed by atoms with E-state index in [1.807, 2.05) is 164 Å². The lowest BCUT2D eigenvalue weighted by molar-refractivity contribution is 1.07. The van der Waals surface area contributed by atoms with E-state index in [1.54, 1.807) is 0 Å². The van der Waals surface area contributed by atoms with Gasteiger partial charge < -0.3 is 4.57 Å². The highest BCUT2D eigenvalue weighted by Crippen LogP contribution is 2.50. The molecule has 0 amide bonds. The van der Waals surface area contributed by atoms with Gasteiger partial charge in [0.1, 0.15) is 0 Å². The third kappa shape index (κ3) is 13.5. The summed E-state index contributed by atoms with van der Waals surface area (Å²) in [4.78, 5) is 54.0. The minimum atomic E-state index is 0.608. The summed E-state index contributed by atoms with van der Waals surface area (Å²) in [6, 6.07) is 147. The van der Waals surface area contributed by atoms with Crippen LogP contribution in [0.25, 0.3) is 274 Å². The second-order valence-corrected chi connectivity index (χ2v) is 34.8. The van der Waals surface area contributed by atoms with Crippen molar-refractivity contribution in [3.8, 4) is 102 Å². The Morgan fingerprint density at radius 1 is 0.223 bits per heavy atom. The van der Waals surface area contributed by atoms with Crippen LogP contribution in [0.15, 0.2) is 443 Å². The van der Waals surface area contributed by atoms with Gasteiger partial charge in [-0.1, -0.05) is 322 Å². The van der Waals surface area contributed by atoms with Crippen molar-refractivity contribution >= 4 is 179 Å². The lowest BCUT2D eigenvalue weighted by Gasteiger charge is -2.17. The van der Waals surface area contributed by atoms with Crippen LogP contribution in [0.4, 0.5) is 5.69 Å². The molecule has 0 aliphatic heterocycles. The molecule has 642 valence electrons. The van der Waals surface area contributed by atoms with Crippen molar-refractivity contribution in [2.45, 2.75) is 0 Å². The van der Waals surface area contributed by atoms with Crippen molar-refractivity contribution in [2.75, 3.05) is 0 Å². The van der Waals surface area contributed by atoms with Gasteiger partial charge >= 0.3 is 0 Å². The Morgan fingerprint density at radius 3 is 1.11 bits per heavy atom. The van der Waals surface area contributed by atoms with Gasteiger partial charge in [-0.25, -0.2) is 34.7 Å². The fourth-order valence-corrected chi connectivity index (χ4v) is 21.0. The van der Waals surface area contributed by atoms with Gasteiger partial charge in [0.05, 0.1) is 84.9 Å². The molecule has 0 saturated heterocycles. The second-order valence-electron chi connectivity index (χ2n) is 34.8. The van der Waals surface area contributed by atoms with Crippen LogP contribution in [0.3, 0.4) is 0 Å². The molecule has 0 aliphatic rings. The average molecular weight is 1770 g/mol. The van der Waals surface area contributed by atoms with Gasteiger partial charge in [-0.3, -0.25) is 19.9 Å². The van der Waals surface area contributed by atoms with Gasteiger partial charge in [-0.15, -0.1) is 0 Å². The summed E-state index contributed by atoms with van der Waals surface area (Å²) in [6.45, 7) is 7.74. The lowest BCUT2D eigenvalue weighted by Crippen LogP contribution is -2.00. The standard InChI is InChI=1S/C48H27N5.C41H25N5.C37H21N3/c1-49-30-20-24-43-40(28-30)39-27-29(19-23-42(39)53(43)31-11-3-2-4-12-31)32-21-22-35(34-14-6-5-13-33(32)34)46-45-38-17-10-26-51-48(38)47-37(16-9-25-50-47)44(45)36-15-7-8-18-41(36)52-46;1-3-13-26(14-4-1)39-44-40(27-15-5-2-6-16-27)46-41(45-39)29-18-11-17-28(25-29)37-36-33-22-12-24-42-38(33)31-20-8-7-19-30(31)35(36)32-21-9-10-23-34(32)43-37;38-22-25-18-19-27(28-12-2-1-11-26(25)28)23-9-7-10-24(21-23)36-35-29-13-3-4-14-30(29)37-32(16-8-20-39-37)34(35)31-15-5-6-17-33(31)40-36/h2-28H;1-25H;1-21H. The Morgan fingerprint density at radius 2 is 0.568 bits per heavy atom. The van der Waals surface area contributed by atoms with Crippen LogP contribution in [-0.2, 0) is 0 Å². The molecule has 0 radical (unpaired) electrons. The SMILES string of the molecule is N#Cc1ccc(-c2cccc(-c3nc4ccccc4c4c5cccnc5c5ccccc5c34)c2)c2ccccc12.[C-]#[N+]c1ccc2c(c1)c1cc(-c3ccc(-c4nc5ccccc5c5c6cccnc6c6ncccc6c45)c4ccccc34)ccc1n2-c1ccccc1.c1ccc(-c2nc(-c3ccccc3)nc(-c3cccc(-c4nc5ccccc5c5c6ccccc6c6ncccc6c45)c3)n2)cc1. The molecule has 0 fully saturated rings. The molecule has 28 aromatic rings. The summed E-state index contributed by atoms with van der Waals surface area (Å²) in [7, 11) is 0. The molecular weight excluding hydrogens is 1700 g/mol. The maximum absolute atomic E-state index is 9.68. The molecule has 13 nitrogen and oxygen atoms in total. The van der Waals surface area contributed by atoms with Crippen molar-refractivity contribution in [1.82, 2.24) is 54.4 Å². The summed E-state index contributed by atoms with van der Waals surface area (Å²) >= 11 is 0. The largest absolute Gasteiger partial charge is 0.309 e. The minimum absolute atomic E-state index is 0.608. The highest BCUT2D eigenvalue weighted by molar-refractivity contribution is 6.36. The molecule has 9 aromatic heterocycles. The number of aromatic nitrogens is 11. The van der Waals surface area contributed by atoms with Gasteiger partial charge in [0.25, 0.3) is 0 Å². The Kier molecular flexibility index (Phi) is 19.4. The average Bonchev–Trinajstić information content (AvgIpc) is 1.05. The van der Waals surface area contributed by atoms with Gasteiger partial charge in [0.2, 0.25) is 0 Å². The molecule has 19 aromatic carbocycles. The molecule has 0 spiro atoms. The van der Waals surface area contributed by atoms with Gasteiger partial charge in [-0.2, -0.15) is 5.26 Å². The van der Waals surface area contributed by atoms with E-state index in [-0.39, 0.29) is 0 Å². The van der Waals surface area contributed by atoms with Crippen molar-refractivity contribution in [3.05, 3.63) is 460 Å². The third-order valence-corrected chi connectivity index (χ3v) is 27.1. The fourth-order valence-electron chi connectivity index (χ4n) is 21.0. The Labute approximate surface area is 795 Å². The smallest absolute Gasteiger partial charge is 0.188 e. The summed E-state index contributed by atoms with van der Waals surface area (Å²) in [5.41, 5.74) is 24.3. The molecule has 9 heterocycles. The first-order valence-electron chi connectivity index (χ1n) is 46.2. The number of pyridine rings is 7. The van der Waals surface area contributed by atoms with E-state index in [9.17, 15) is 5.26 Å². The maximum atomic E-state index is 9.68. The number of nitrogens with zero attached hydrogens (tertiary/aromatic N) is 13. The zero-order chi connectivity index (χ0) is 92.1. The zero-order valence-electron chi connectivity index (χ0n) is 74.5. The van der Waals surface area contributed by atoms with Crippen LogP contribution < -0.4 is 0 Å². The lowest BCUT2D eigenvalue weighted by atomic mass is 9.89. The van der Waals surface area contributed by atoms with Crippen LogP contribution in [0.1, 0.15) is 5.56 Å². The molecule has 0 unspecified atom stereocenters. The van der Waals surface area contributed by atoms with Gasteiger partial charge in [0.15, 0.2) is 23.2 Å². The van der Waals surface area contributed by atoms with Crippen molar-refractivity contribution in [1.29, 1.82) is 5.26 Å². The van der Waals surface area contributed by atoms with Gasteiger partial charge in [-0.05, 0) is 152 Å². The molecule has 13 heteroatoms. The molecule has 0 aliphatic carbocycles. The van der Waals surface area contributed by atoms with Crippen LogP contribution in [0, 0.1) is 17.9 Å². The molecule has 28 rings (SSSR count). The summed E-state index contributed by atoms with van der Waals surface area (Å²) in [6.07, 6.45) is 7.43. The molecular formula is C126H73N13. The number of benzene rings is 19. The number of nitriles is 1. The Hall–Kier alpha value is -19.3. The van der Waals surface area contributed by atoms with Crippen LogP contribution in [0.5, 0.6) is 0 Å². The first-order valence-corrected chi connectivity index (χ1v) is 46.2. The number of para-hydroxylation sites is 4. The summed E-state index contributed by atoms with van der Waals surface area (Å²) in [5.74, 6) is 1.87. The molecule has 139 heavy (non-hydrogen) atoms. The van der Waals surface area contributed by atoms with Crippen molar-refractivity contribution in [2.24, 2.45) is 0 Å². The fraction of sp³-hybridized carbons (Fsp3) is 0. The minimum Gasteiger partial charge on any atom is -0.309 e. The van der Waals surface area contributed by atoms with E-state index in [0.29, 0.717) is 28.7 Å². The van der Waals surface area contributed by atoms with E-state index < -0.39 is 0 Å². The Balaban J connectivity index is 0.000000109. The molecule has 0 bridgehead atoms. The van der Waals surface area contributed by atoms with Crippen LogP contribution in [-0.4, -0.2) is 54.4 Å². The molecule has 0 atom stereocenters. The zero-order valence-corrected chi connectivity index (χ0v) is 74.5. The normalized spacial score (nSPS) is 11.6. The first-order chi connectivity index (χ1) is 68.9. The van der Waals surface area contributed by atoms with E-state index >= 15 is 0 Å². The van der Waals surface area contributed by atoms with Crippen molar-refractivity contribution < 1.29 is 0 Å². The van der Waals surface area contributed by atoms with E-state index in [4.69, 9.17) is 56.4 Å². The quantitative estimate of drug-likeness (QED) is 0.0998. The highest BCUT2D eigenvalue weighted by atomic mass is 15.0. The van der Waals surface area contributed by atoms with E-state index in [0.717, 1.165) is 241 Å². The number of hydrogen-bond acceptors (Lipinski definition) is 11. The number of rotatable bonds is 9. The molecule has 0 saturated carbocycles. The van der Waals surface area contributed by atoms with Crippen LogP contribution in [0.2, 0.25) is 0 Å². The van der Waals surface area contributed by atoms with Crippen LogP contribution >= 0.6 is 0 Å². The predicted molar refractivity (Wildman–Crippen MR) is 571 cm³/mol. The monoisotopic (exact) mass is 1770 g/mol. The second kappa shape index (κ2) is 33.4. The first kappa shape index (κ1) is 80.5. The van der Waals surface area contributed by atoms with E-state index in [1.165, 1.54) is 10.8 Å². The number of fused-ring (bicyclic) bond motifs is 29. The topological polar surface area (TPSA) is 162 Å². The number of hydrogen-bond donors (Lipinski definition) is 0.